The van der Waals surface area contributed by atoms with E-state index in [2.05, 4.69) is 24.8 Å². The average Bonchev–Trinajstić information content (AvgIpc) is 2.85. The van der Waals surface area contributed by atoms with Gasteiger partial charge in [-0.2, -0.15) is 0 Å². The van der Waals surface area contributed by atoms with Gasteiger partial charge in [-0.1, -0.05) is 41.5 Å². The summed E-state index contributed by atoms with van der Waals surface area (Å²) < 4.78 is 0. The summed E-state index contributed by atoms with van der Waals surface area (Å²) in [7, 11) is 0. The summed E-state index contributed by atoms with van der Waals surface area (Å²) >= 11 is 0. The Morgan fingerprint density at radius 2 is 2.11 bits per heavy atom. The van der Waals surface area contributed by atoms with Gasteiger partial charge in [-0.15, -0.1) is 0 Å². The monoisotopic (exact) mass is 252 g/mol. The summed E-state index contributed by atoms with van der Waals surface area (Å²) in [5, 5.41) is 0. The van der Waals surface area contributed by atoms with Crippen molar-refractivity contribution in [3.05, 3.63) is 47.6 Å². The lowest BCUT2D eigenvalue weighted by molar-refractivity contribution is -0.114. The van der Waals surface area contributed by atoms with Crippen molar-refractivity contribution in [2.45, 2.75) is 32.1 Å². The highest BCUT2D eigenvalue weighted by molar-refractivity contribution is 5.93. The van der Waals surface area contributed by atoms with Crippen LogP contribution in [-0.2, 0) is 4.79 Å². The second kappa shape index (κ2) is 4.06. The number of allylic oxidation sites excluding steroid dienone is 7. The molecular weight excluding hydrogens is 232 g/mol. The average molecular weight is 252 g/mol. The molecule has 0 radical (unpaired) electrons. The van der Waals surface area contributed by atoms with Crippen molar-refractivity contribution < 1.29 is 4.79 Å². The lowest BCUT2D eigenvalue weighted by Crippen LogP contribution is -2.38. The normalized spacial score (nSPS) is 40.2. The summed E-state index contributed by atoms with van der Waals surface area (Å²) in [6.45, 7) is 4.23. The van der Waals surface area contributed by atoms with Gasteiger partial charge in [-0.25, -0.2) is 0 Å². The highest BCUT2D eigenvalue weighted by Crippen LogP contribution is 2.54. The van der Waals surface area contributed by atoms with Gasteiger partial charge in [0.05, 0.1) is 0 Å². The lowest BCUT2D eigenvalue weighted by Gasteiger charge is -2.47. The predicted octanol–water partition coefficient (Wildman–Crippen LogP) is 3.99. The molecule has 0 aliphatic heterocycles. The number of ketones is 1. The molecule has 0 saturated heterocycles. The van der Waals surface area contributed by atoms with Crippen LogP contribution in [0.25, 0.3) is 0 Å². The molecule has 1 nitrogen and oxygen atoms in total. The Kier molecular flexibility index (Phi) is 2.45. The van der Waals surface area contributed by atoms with Gasteiger partial charge in [0, 0.05) is 12.3 Å². The molecule has 0 heterocycles. The van der Waals surface area contributed by atoms with Crippen molar-refractivity contribution >= 4 is 5.78 Å². The molecule has 0 aromatic carbocycles. The summed E-state index contributed by atoms with van der Waals surface area (Å²) in [5.41, 5.74) is 4.23. The van der Waals surface area contributed by atoms with E-state index in [4.69, 9.17) is 0 Å². The van der Waals surface area contributed by atoms with Crippen LogP contribution in [0.3, 0.4) is 0 Å². The second-order valence-electron chi connectivity index (χ2n) is 6.54. The number of carbonyl (C=O) groups excluding carboxylic acids is 1. The van der Waals surface area contributed by atoms with Crippen molar-refractivity contribution in [3.63, 3.8) is 0 Å². The molecule has 19 heavy (non-hydrogen) atoms. The van der Waals surface area contributed by atoms with E-state index >= 15 is 0 Å². The van der Waals surface area contributed by atoms with E-state index in [1.807, 2.05) is 6.08 Å². The van der Waals surface area contributed by atoms with Crippen molar-refractivity contribution in [2.75, 3.05) is 0 Å². The van der Waals surface area contributed by atoms with Crippen molar-refractivity contribution in [3.8, 4) is 0 Å². The molecule has 4 rings (SSSR count). The summed E-state index contributed by atoms with van der Waals surface area (Å²) in [6, 6.07) is 0. The fourth-order valence-corrected chi connectivity index (χ4v) is 4.87. The Hall–Kier alpha value is -1.37. The maximum Gasteiger partial charge on any atom is 0.159 e. The zero-order chi connectivity index (χ0) is 13.0. The fraction of sp³-hybridized carbons (Fsp3) is 0.500. The third-order valence-corrected chi connectivity index (χ3v) is 5.58. The summed E-state index contributed by atoms with van der Waals surface area (Å²) in [4.78, 5) is 11.7. The molecule has 2 saturated carbocycles. The molecule has 4 aliphatic rings. The molecule has 98 valence electrons. The summed E-state index contributed by atoms with van der Waals surface area (Å²) in [6.07, 6.45) is 14.4. The van der Waals surface area contributed by atoms with E-state index in [9.17, 15) is 4.79 Å². The SMILES string of the molecule is C=C1CC(=O)C=C2CCC3C4=CC=CC4CCC3C12. The fourth-order valence-electron chi connectivity index (χ4n) is 4.87. The van der Waals surface area contributed by atoms with Crippen LogP contribution in [0.5, 0.6) is 0 Å². The number of rotatable bonds is 0. The van der Waals surface area contributed by atoms with E-state index < -0.39 is 0 Å². The molecular formula is C18H20O. The van der Waals surface area contributed by atoms with Crippen LogP contribution < -0.4 is 0 Å². The largest absolute Gasteiger partial charge is 0.295 e. The quantitative estimate of drug-likeness (QED) is 0.596. The molecule has 0 aromatic heterocycles. The molecule has 0 N–H and O–H groups in total. The maximum atomic E-state index is 11.7. The van der Waals surface area contributed by atoms with Crippen molar-refractivity contribution in [2.24, 2.45) is 23.7 Å². The minimum atomic E-state index is 0.269. The topological polar surface area (TPSA) is 17.1 Å². The molecule has 0 spiro atoms. The Morgan fingerprint density at radius 3 is 3.00 bits per heavy atom. The van der Waals surface area contributed by atoms with Gasteiger partial charge in [0.15, 0.2) is 5.78 Å². The van der Waals surface area contributed by atoms with Gasteiger partial charge in [0.2, 0.25) is 0 Å². The molecule has 4 unspecified atom stereocenters. The van der Waals surface area contributed by atoms with Crippen LogP contribution >= 0.6 is 0 Å². The minimum absolute atomic E-state index is 0.269. The van der Waals surface area contributed by atoms with Crippen LogP contribution in [-0.4, -0.2) is 5.78 Å². The first kappa shape index (κ1) is 11.5. The molecule has 0 amide bonds. The minimum Gasteiger partial charge on any atom is -0.295 e. The van der Waals surface area contributed by atoms with Gasteiger partial charge in [-0.3, -0.25) is 4.79 Å². The first-order valence-corrected chi connectivity index (χ1v) is 7.53. The lowest BCUT2D eigenvalue weighted by atomic mass is 9.57. The van der Waals surface area contributed by atoms with Crippen molar-refractivity contribution in [1.82, 2.24) is 0 Å². The maximum absolute atomic E-state index is 11.7. The third kappa shape index (κ3) is 1.64. The molecule has 1 heteroatoms. The van der Waals surface area contributed by atoms with Gasteiger partial charge < -0.3 is 0 Å². The molecule has 0 bridgehead atoms. The Labute approximate surface area is 114 Å². The van der Waals surface area contributed by atoms with Crippen LogP contribution in [0, 0.1) is 23.7 Å². The molecule has 4 atom stereocenters. The Morgan fingerprint density at radius 1 is 1.21 bits per heavy atom. The highest BCUT2D eigenvalue weighted by atomic mass is 16.1. The Bertz CT molecular complexity index is 546. The van der Waals surface area contributed by atoms with Crippen LogP contribution in [0.4, 0.5) is 0 Å². The number of fused-ring (bicyclic) bond motifs is 5. The Balaban J connectivity index is 1.71. The zero-order valence-corrected chi connectivity index (χ0v) is 11.3. The highest BCUT2D eigenvalue weighted by Gasteiger charge is 2.44. The van der Waals surface area contributed by atoms with Crippen LogP contribution in [0.15, 0.2) is 47.6 Å². The van der Waals surface area contributed by atoms with Gasteiger partial charge in [0.1, 0.15) is 0 Å². The van der Waals surface area contributed by atoms with E-state index in [0.717, 1.165) is 12.3 Å². The van der Waals surface area contributed by atoms with Gasteiger partial charge >= 0.3 is 0 Å². The summed E-state index contributed by atoms with van der Waals surface area (Å²) in [5.74, 6) is 2.93. The van der Waals surface area contributed by atoms with Crippen LogP contribution in [0.2, 0.25) is 0 Å². The van der Waals surface area contributed by atoms with Crippen LogP contribution in [0.1, 0.15) is 32.1 Å². The van der Waals surface area contributed by atoms with Gasteiger partial charge in [-0.05, 0) is 49.5 Å². The third-order valence-electron chi connectivity index (χ3n) is 5.58. The van der Waals surface area contributed by atoms with E-state index in [0.29, 0.717) is 24.2 Å². The smallest absolute Gasteiger partial charge is 0.159 e. The predicted molar refractivity (Wildman–Crippen MR) is 76.5 cm³/mol. The number of hydrogen-bond acceptors (Lipinski definition) is 1. The first-order valence-electron chi connectivity index (χ1n) is 7.53. The van der Waals surface area contributed by atoms with E-state index in [1.54, 1.807) is 5.57 Å². The molecule has 2 fully saturated rings. The zero-order valence-electron chi connectivity index (χ0n) is 11.3. The number of hydrogen-bond donors (Lipinski definition) is 0. The van der Waals surface area contributed by atoms with E-state index in [-0.39, 0.29) is 5.78 Å². The van der Waals surface area contributed by atoms with Crippen molar-refractivity contribution in [1.29, 1.82) is 0 Å². The first-order chi connectivity index (χ1) is 9.24. The standard InChI is InChI=1S/C18H20O/c1-11-9-14(19)10-13-6-7-16-15-4-2-3-12(15)5-8-17(16)18(11)13/h2-4,10,12,16-18H,1,5-9H2. The second-order valence-corrected chi connectivity index (χ2v) is 6.54. The van der Waals surface area contributed by atoms with Gasteiger partial charge in [0.25, 0.3) is 0 Å². The number of carbonyl (C=O) groups is 1. The molecule has 0 aromatic rings. The van der Waals surface area contributed by atoms with E-state index in [1.165, 1.54) is 30.4 Å². The molecule has 4 aliphatic carbocycles.